The van der Waals surface area contributed by atoms with E-state index in [4.69, 9.17) is 5.11 Å². The van der Waals surface area contributed by atoms with Gasteiger partial charge in [-0.25, -0.2) is 4.79 Å². The molecule has 0 aromatic heterocycles. The lowest BCUT2D eigenvalue weighted by Gasteiger charge is -2.12. The highest BCUT2D eigenvalue weighted by Crippen LogP contribution is 2.31. The van der Waals surface area contributed by atoms with Gasteiger partial charge >= 0.3 is 5.97 Å². The van der Waals surface area contributed by atoms with Crippen LogP contribution < -0.4 is 5.32 Å². The number of hydrogen-bond donors (Lipinski definition) is 2. The molecule has 2 aromatic rings. The largest absolute Gasteiger partial charge is 0.478 e. The second-order valence-electron chi connectivity index (χ2n) is 5.91. The van der Waals surface area contributed by atoms with E-state index >= 15 is 0 Å². The van der Waals surface area contributed by atoms with Crippen LogP contribution in [0.2, 0.25) is 0 Å². The maximum Gasteiger partial charge on any atom is 0.335 e. The zero-order valence-corrected chi connectivity index (χ0v) is 12.3. The van der Waals surface area contributed by atoms with Crippen molar-refractivity contribution in [2.75, 3.05) is 0 Å². The van der Waals surface area contributed by atoms with E-state index in [1.54, 1.807) is 6.07 Å². The van der Waals surface area contributed by atoms with Crippen LogP contribution in [0.5, 0.6) is 0 Å². The van der Waals surface area contributed by atoms with Crippen molar-refractivity contribution in [2.45, 2.75) is 20.3 Å². The zero-order chi connectivity index (χ0) is 16.0. The number of carbonyl (C=O) groups excluding carboxylic acids is 2. The fraction of sp³-hybridized carbons (Fsp3) is 0.235. The summed E-state index contributed by atoms with van der Waals surface area (Å²) >= 11 is 0. The molecule has 0 unspecified atom stereocenters. The second-order valence-corrected chi connectivity index (χ2v) is 5.91. The molecule has 0 aliphatic carbocycles. The molecule has 112 valence electrons. The number of carboxylic acids is 1. The highest BCUT2D eigenvalue weighted by molar-refractivity contribution is 6.27. The lowest BCUT2D eigenvalue weighted by atomic mass is 9.90. The molecule has 2 aromatic carbocycles. The molecule has 5 nitrogen and oxygen atoms in total. The summed E-state index contributed by atoms with van der Waals surface area (Å²) in [7, 11) is 0. The van der Waals surface area contributed by atoms with Crippen molar-refractivity contribution in [3.8, 4) is 0 Å². The van der Waals surface area contributed by atoms with Gasteiger partial charge in [0.05, 0.1) is 16.7 Å². The Morgan fingerprint density at radius 1 is 1.14 bits per heavy atom. The lowest BCUT2D eigenvalue weighted by molar-refractivity contribution is 0.0696. The third-order valence-electron chi connectivity index (χ3n) is 3.78. The van der Waals surface area contributed by atoms with Crippen LogP contribution in [-0.4, -0.2) is 22.9 Å². The molecule has 22 heavy (non-hydrogen) atoms. The number of carboxylic acid groups (broad SMARTS) is 1. The molecule has 0 saturated heterocycles. The molecule has 2 N–H and O–H groups in total. The number of benzene rings is 2. The van der Waals surface area contributed by atoms with Gasteiger partial charge in [-0.15, -0.1) is 0 Å². The molecule has 0 saturated carbocycles. The summed E-state index contributed by atoms with van der Waals surface area (Å²) in [6, 6.07) is 6.51. The summed E-state index contributed by atoms with van der Waals surface area (Å²) < 4.78 is 0. The fourth-order valence-electron chi connectivity index (χ4n) is 2.91. The van der Waals surface area contributed by atoms with Crippen molar-refractivity contribution in [3.05, 3.63) is 46.5 Å². The van der Waals surface area contributed by atoms with E-state index in [0.717, 1.165) is 10.9 Å². The molecule has 1 heterocycles. The van der Waals surface area contributed by atoms with Gasteiger partial charge in [0, 0.05) is 0 Å². The Balaban J connectivity index is 2.36. The quantitative estimate of drug-likeness (QED) is 0.853. The first-order valence-corrected chi connectivity index (χ1v) is 7.07. The molecule has 0 atom stereocenters. The van der Waals surface area contributed by atoms with Gasteiger partial charge in [-0.3, -0.25) is 14.9 Å². The van der Waals surface area contributed by atoms with E-state index in [1.165, 1.54) is 12.1 Å². The molecule has 0 fully saturated rings. The van der Waals surface area contributed by atoms with Gasteiger partial charge in [0.2, 0.25) is 0 Å². The van der Waals surface area contributed by atoms with Gasteiger partial charge in [0.25, 0.3) is 11.8 Å². The number of amides is 2. The van der Waals surface area contributed by atoms with Crippen LogP contribution in [0.3, 0.4) is 0 Å². The van der Waals surface area contributed by atoms with Gasteiger partial charge in [-0.2, -0.15) is 0 Å². The van der Waals surface area contributed by atoms with Crippen LogP contribution in [0.25, 0.3) is 10.8 Å². The second kappa shape index (κ2) is 4.94. The minimum Gasteiger partial charge on any atom is -0.478 e. The van der Waals surface area contributed by atoms with Crippen LogP contribution in [0.15, 0.2) is 24.3 Å². The van der Waals surface area contributed by atoms with Gasteiger partial charge in [-0.05, 0) is 40.8 Å². The monoisotopic (exact) mass is 297 g/mol. The molecule has 1 aliphatic heterocycles. The molecule has 0 radical (unpaired) electrons. The number of carbonyl (C=O) groups is 3. The van der Waals surface area contributed by atoms with E-state index in [-0.39, 0.29) is 5.56 Å². The number of aromatic carboxylic acids is 1. The predicted molar refractivity (Wildman–Crippen MR) is 81.2 cm³/mol. The van der Waals surface area contributed by atoms with Crippen LogP contribution in [-0.2, 0) is 6.42 Å². The third-order valence-corrected chi connectivity index (χ3v) is 3.78. The molecule has 0 bridgehead atoms. The Kier molecular flexibility index (Phi) is 3.20. The van der Waals surface area contributed by atoms with Crippen LogP contribution >= 0.6 is 0 Å². The third kappa shape index (κ3) is 2.15. The predicted octanol–water partition coefficient (Wildman–Crippen LogP) is 2.62. The summed E-state index contributed by atoms with van der Waals surface area (Å²) in [5, 5.41) is 12.7. The van der Waals surface area contributed by atoms with Crippen molar-refractivity contribution in [1.29, 1.82) is 0 Å². The SMILES string of the molecule is CC(C)Cc1cc2ccc(C(=O)O)cc2c2c1C(=O)NC2=O. The van der Waals surface area contributed by atoms with Crippen molar-refractivity contribution >= 4 is 28.6 Å². The Bertz CT molecular complexity index is 836. The summed E-state index contributed by atoms with van der Waals surface area (Å²) in [5.74, 6) is -1.59. The highest BCUT2D eigenvalue weighted by Gasteiger charge is 2.32. The van der Waals surface area contributed by atoms with E-state index in [2.05, 4.69) is 5.32 Å². The van der Waals surface area contributed by atoms with Crippen molar-refractivity contribution in [3.63, 3.8) is 0 Å². The fourth-order valence-corrected chi connectivity index (χ4v) is 2.91. The number of nitrogens with one attached hydrogen (secondary N) is 1. The van der Waals surface area contributed by atoms with Crippen molar-refractivity contribution < 1.29 is 19.5 Å². The number of imide groups is 1. The summed E-state index contributed by atoms with van der Waals surface area (Å²) in [5.41, 5.74) is 1.59. The van der Waals surface area contributed by atoms with Crippen LogP contribution in [0, 0.1) is 5.92 Å². The van der Waals surface area contributed by atoms with Gasteiger partial charge in [0.1, 0.15) is 0 Å². The smallest absolute Gasteiger partial charge is 0.335 e. The molecule has 3 rings (SSSR count). The number of hydrogen-bond acceptors (Lipinski definition) is 3. The lowest BCUT2D eigenvalue weighted by Crippen LogP contribution is -2.20. The van der Waals surface area contributed by atoms with Crippen molar-refractivity contribution in [2.24, 2.45) is 5.92 Å². The van der Waals surface area contributed by atoms with Gasteiger partial charge in [-0.1, -0.05) is 26.0 Å². The maximum absolute atomic E-state index is 12.1. The Hall–Kier alpha value is -2.69. The topological polar surface area (TPSA) is 83.5 Å². The Morgan fingerprint density at radius 3 is 2.45 bits per heavy atom. The average Bonchev–Trinajstić information content (AvgIpc) is 2.73. The van der Waals surface area contributed by atoms with E-state index in [1.807, 2.05) is 19.9 Å². The molecular formula is C17H15NO4. The normalized spacial score (nSPS) is 13.6. The van der Waals surface area contributed by atoms with Crippen LogP contribution in [0.1, 0.15) is 50.5 Å². The molecular weight excluding hydrogens is 282 g/mol. The standard InChI is InChI=1S/C17H15NO4/c1-8(2)5-11-6-9-3-4-10(17(21)22)7-12(9)14-13(11)15(19)18-16(14)20/h3-4,6-8H,5H2,1-2H3,(H,21,22)(H,18,19,20). The molecule has 2 amide bonds. The number of rotatable bonds is 3. The summed E-state index contributed by atoms with van der Waals surface area (Å²) in [6.07, 6.45) is 0.680. The number of fused-ring (bicyclic) bond motifs is 3. The first-order valence-electron chi connectivity index (χ1n) is 7.07. The highest BCUT2D eigenvalue weighted by atomic mass is 16.4. The van der Waals surface area contributed by atoms with Crippen molar-refractivity contribution in [1.82, 2.24) is 5.32 Å². The molecule has 1 aliphatic rings. The van der Waals surface area contributed by atoms with E-state index in [0.29, 0.717) is 28.9 Å². The first-order chi connectivity index (χ1) is 10.4. The minimum atomic E-state index is -1.06. The van der Waals surface area contributed by atoms with E-state index < -0.39 is 17.8 Å². The summed E-state index contributed by atoms with van der Waals surface area (Å²) in [6.45, 7) is 4.08. The molecule has 0 spiro atoms. The van der Waals surface area contributed by atoms with Gasteiger partial charge < -0.3 is 5.11 Å². The molecule has 5 heteroatoms. The first kappa shape index (κ1) is 14.3. The minimum absolute atomic E-state index is 0.0958. The maximum atomic E-state index is 12.1. The van der Waals surface area contributed by atoms with Crippen LogP contribution in [0.4, 0.5) is 0 Å². The zero-order valence-electron chi connectivity index (χ0n) is 12.3. The van der Waals surface area contributed by atoms with E-state index in [9.17, 15) is 14.4 Å². The Morgan fingerprint density at radius 2 is 1.82 bits per heavy atom. The Labute approximate surface area is 126 Å². The average molecular weight is 297 g/mol. The van der Waals surface area contributed by atoms with Gasteiger partial charge in [0.15, 0.2) is 0 Å². The summed E-state index contributed by atoms with van der Waals surface area (Å²) in [4.78, 5) is 35.4.